The summed E-state index contributed by atoms with van der Waals surface area (Å²) in [5.41, 5.74) is 0.663. The van der Waals surface area contributed by atoms with Crippen LogP contribution in [0.15, 0.2) is 53.6 Å². The number of halogens is 2. The van der Waals surface area contributed by atoms with E-state index >= 15 is 0 Å². The van der Waals surface area contributed by atoms with Gasteiger partial charge in [-0.2, -0.15) is 10.1 Å². The second-order valence-corrected chi connectivity index (χ2v) is 4.95. The summed E-state index contributed by atoms with van der Waals surface area (Å²) in [5.74, 6) is -0.829. The fraction of sp³-hybridized carbons (Fsp3) is 0. The summed E-state index contributed by atoms with van der Waals surface area (Å²) in [5, 5.41) is 4.73. The Morgan fingerprint density at radius 3 is 2.48 bits per heavy atom. The molecule has 0 amide bonds. The molecule has 5 nitrogen and oxygen atoms in total. The van der Waals surface area contributed by atoms with E-state index in [1.807, 2.05) is 0 Å². The summed E-state index contributed by atoms with van der Waals surface area (Å²) in [6.45, 7) is 0. The second-order valence-electron chi connectivity index (χ2n) is 4.95. The average Bonchev–Trinajstić information content (AvgIpc) is 2.55. The first kappa shape index (κ1) is 13.4. The molecule has 0 aliphatic rings. The van der Waals surface area contributed by atoms with Gasteiger partial charge in [-0.05, 0) is 36.4 Å². The van der Waals surface area contributed by atoms with E-state index in [9.17, 15) is 13.6 Å². The lowest BCUT2D eigenvalue weighted by Crippen LogP contribution is -2.16. The van der Waals surface area contributed by atoms with Gasteiger partial charge in [-0.3, -0.25) is 4.79 Å². The number of hydrogen-bond acceptors (Lipinski definition) is 4. The normalized spacial score (nSPS) is 11.2. The topological polar surface area (TPSA) is 60.2 Å². The molecule has 7 heteroatoms. The van der Waals surface area contributed by atoms with Crippen LogP contribution < -0.4 is 5.56 Å². The molecule has 23 heavy (non-hydrogen) atoms. The van der Waals surface area contributed by atoms with Crippen molar-refractivity contribution in [2.24, 2.45) is 0 Å². The number of fused-ring (bicyclic) bond motifs is 3. The SMILES string of the molecule is O=c1nc2c3ccc(F)cc3ncn2nc1-c1ccc(F)cc1. The first-order valence-electron chi connectivity index (χ1n) is 6.73. The minimum atomic E-state index is -0.548. The Kier molecular flexibility index (Phi) is 2.87. The standard InChI is InChI=1S/C16H8F2N4O/c17-10-3-1-9(2-4-10)14-16(23)20-15-12-6-5-11(18)7-13(12)19-8-22(15)21-14/h1-8H. The summed E-state index contributed by atoms with van der Waals surface area (Å²) in [6.07, 6.45) is 1.36. The predicted octanol–water partition coefficient (Wildman–Crippen LogP) is 2.58. The molecule has 0 saturated carbocycles. The lowest BCUT2D eigenvalue weighted by Gasteiger charge is -2.05. The summed E-state index contributed by atoms with van der Waals surface area (Å²) in [4.78, 5) is 20.4. The zero-order chi connectivity index (χ0) is 16.0. The fourth-order valence-corrected chi connectivity index (χ4v) is 2.37. The Hall–Kier alpha value is -3.22. The molecular formula is C16H8F2N4O. The zero-order valence-electron chi connectivity index (χ0n) is 11.6. The smallest absolute Gasteiger partial charge is 0.265 e. The Morgan fingerprint density at radius 2 is 1.70 bits per heavy atom. The Bertz CT molecular complexity index is 1110. The molecule has 0 fully saturated rings. The maximum Gasteiger partial charge on any atom is 0.300 e. The van der Waals surface area contributed by atoms with Crippen molar-refractivity contribution in [3.05, 3.63) is 70.8 Å². The third-order valence-electron chi connectivity index (χ3n) is 3.46. The van der Waals surface area contributed by atoms with Crippen LogP contribution in [0.25, 0.3) is 27.8 Å². The van der Waals surface area contributed by atoms with E-state index in [2.05, 4.69) is 15.1 Å². The fourth-order valence-electron chi connectivity index (χ4n) is 2.37. The van der Waals surface area contributed by atoms with E-state index in [0.717, 1.165) is 0 Å². The number of hydrogen-bond donors (Lipinski definition) is 0. The largest absolute Gasteiger partial charge is 0.300 e. The molecular weight excluding hydrogens is 302 g/mol. The number of benzene rings is 2. The van der Waals surface area contributed by atoms with E-state index in [4.69, 9.17) is 0 Å². The lowest BCUT2D eigenvalue weighted by atomic mass is 10.1. The number of rotatable bonds is 1. The highest BCUT2D eigenvalue weighted by atomic mass is 19.1. The molecule has 0 saturated heterocycles. The first-order chi connectivity index (χ1) is 11.1. The van der Waals surface area contributed by atoms with Crippen LogP contribution in [-0.2, 0) is 0 Å². The van der Waals surface area contributed by atoms with Crippen molar-refractivity contribution in [1.82, 2.24) is 19.6 Å². The van der Waals surface area contributed by atoms with Gasteiger partial charge in [0.05, 0.1) is 5.52 Å². The highest BCUT2D eigenvalue weighted by Gasteiger charge is 2.11. The van der Waals surface area contributed by atoms with Gasteiger partial charge in [-0.1, -0.05) is 0 Å². The summed E-state index contributed by atoms with van der Waals surface area (Å²) in [6, 6.07) is 9.42. The van der Waals surface area contributed by atoms with E-state index in [-0.39, 0.29) is 11.3 Å². The highest BCUT2D eigenvalue weighted by Crippen LogP contribution is 2.18. The summed E-state index contributed by atoms with van der Waals surface area (Å²) in [7, 11) is 0. The number of nitrogens with zero attached hydrogens (tertiary/aromatic N) is 4. The molecule has 0 spiro atoms. The van der Waals surface area contributed by atoms with Gasteiger partial charge in [0.1, 0.15) is 18.0 Å². The van der Waals surface area contributed by atoms with E-state index in [0.29, 0.717) is 16.5 Å². The highest BCUT2D eigenvalue weighted by molar-refractivity contribution is 5.90. The van der Waals surface area contributed by atoms with Crippen molar-refractivity contribution >= 4 is 16.6 Å². The van der Waals surface area contributed by atoms with Crippen LogP contribution in [-0.4, -0.2) is 19.6 Å². The first-order valence-corrected chi connectivity index (χ1v) is 6.73. The van der Waals surface area contributed by atoms with Crippen LogP contribution in [0.3, 0.4) is 0 Å². The van der Waals surface area contributed by atoms with Crippen LogP contribution in [0.5, 0.6) is 0 Å². The van der Waals surface area contributed by atoms with Gasteiger partial charge in [0, 0.05) is 17.0 Å². The molecule has 0 aliphatic heterocycles. The molecule has 2 aromatic carbocycles. The minimum Gasteiger partial charge on any atom is -0.265 e. The molecule has 4 rings (SSSR count). The van der Waals surface area contributed by atoms with E-state index in [1.165, 1.54) is 53.3 Å². The van der Waals surface area contributed by atoms with Crippen molar-refractivity contribution in [2.45, 2.75) is 0 Å². The van der Waals surface area contributed by atoms with Crippen LogP contribution in [0.2, 0.25) is 0 Å². The van der Waals surface area contributed by atoms with Crippen molar-refractivity contribution in [2.75, 3.05) is 0 Å². The molecule has 4 aromatic rings. The quantitative estimate of drug-likeness (QED) is 0.507. The summed E-state index contributed by atoms with van der Waals surface area (Å²) >= 11 is 0. The van der Waals surface area contributed by atoms with Gasteiger partial charge >= 0.3 is 0 Å². The van der Waals surface area contributed by atoms with Gasteiger partial charge < -0.3 is 0 Å². The van der Waals surface area contributed by atoms with Crippen molar-refractivity contribution in [3.8, 4) is 11.3 Å². The predicted molar refractivity (Wildman–Crippen MR) is 79.9 cm³/mol. The molecule has 0 radical (unpaired) electrons. The maximum atomic E-state index is 13.3. The molecule has 0 aliphatic carbocycles. The van der Waals surface area contributed by atoms with Crippen LogP contribution >= 0.6 is 0 Å². The molecule has 0 unspecified atom stereocenters. The average molecular weight is 310 g/mol. The lowest BCUT2D eigenvalue weighted by molar-refractivity contribution is 0.628. The van der Waals surface area contributed by atoms with Gasteiger partial charge in [-0.25, -0.2) is 18.3 Å². The third-order valence-corrected chi connectivity index (χ3v) is 3.46. The number of aromatic nitrogens is 4. The molecule has 2 heterocycles. The van der Waals surface area contributed by atoms with E-state index < -0.39 is 17.2 Å². The van der Waals surface area contributed by atoms with Crippen molar-refractivity contribution in [1.29, 1.82) is 0 Å². The van der Waals surface area contributed by atoms with Gasteiger partial charge in [0.2, 0.25) is 0 Å². The van der Waals surface area contributed by atoms with Gasteiger partial charge in [0.25, 0.3) is 5.56 Å². The van der Waals surface area contributed by atoms with Crippen LogP contribution in [0, 0.1) is 11.6 Å². The monoisotopic (exact) mass is 310 g/mol. The molecule has 2 aromatic heterocycles. The van der Waals surface area contributed by atoms with Crippen LogP contribution in [0.1, 0.15) is 0 Å². The Morgan fingerprint density at radius 1 is 0.957 bits per heavy atom. The van der Waals surface area contributed by atoms with Crippen molar-refractivity contribution in [3.63, 3.8) is 0 Å². The molecule has 0 bridgehead atoms. The Labute approximate surface area is 127 Å². The molecule has 112 valence electrons. The second kappa shape index (κ2) is 4.91. The minimum absolute atomic E-state index is 0.0887. The van der Waals surface area contributed by atoms with Gasteiger partial charge in [0.15, 0.2) is 11.3 Å². The zero-order valence-corrected chi connectivity index (χ0v) is 11.6. The van der Waals surface area contributed by atoms with Gasteiger partial charge in [-0.15, -0.1) is 0 Å². The third kappa shape index (κ3) is 2.22. The molecule has 0 N–H and O–H groups in total. The molecule has 0 atom stereocenters. The maximum absolute atomic E-state index is 13.3. The summed E-state index contributed by atoms with van der Waals surface area (Å²) < 4.78 is 27.6. The Balaban J connectivity index is 2.01. The van der Waals surface area contributed by atoms with Crippen LogP contribution in [0.4, 0.5) is 8.78 Å². The van der Waals surface area contributed by atoms with Crippen molar-refractivity contribution < 1.29 is 8.78 Å². The van der Waals surface area contributed by atoms with E-state index in [1.54, 1.807) is 0 Å².